The van der Waals surface area contributed by atoms with Crippen LogP contribution in [0.2, 0.25) is 0 Å². The topological polar surface area (TPSA) is 78.9 Å². The number of nitrogens with two attached hydrogens (primary N) is 1. The van der Waals surface area contributed by atoms with Crippen LogP contribution in [0, 0.1) is 6.92 Å². The monoisotopic (exact) mass is 221 g/mol. The molecule has 5 heteroatoms. The Hall–Kier alpha value is -2.04. The van der Waals surface area contributed by atoms with E-state index in [1.807, 2.05) is 31.2 Å². The first-order valence-corrected chi connectivity index (χ1v) is 4.85. The van der Waals surface area contributed by atoms with Gasteiger partial charge in [0.15, 0.2) is 0 Å². The Bertz CT molecular complexity index is 415. The van der Waals surface area contributed by atoms with Crippen LogP contribution in [0.4, 0.5) is 5.69 Å². The maximum atomic E-state index is 11.7. The molecule has 0 heterocycles. The number of aryl methyl sites for hydroxylation is 1. The number of carbonyl (C=O) groups excluding carboxylic acids is 1. The molecule has 1 aromatic rings. The van der Waals surface area contributed by atoms with Crippen LogP contribution in [0.5, 0.6) is 0 Å². The fourth-order valence-corrected chi connectivity index (χ4v) is 1.38. The van der Waals surface area contributed by atoms with Crippen molar-refractivity contribution < 1.29 is 10.0 Å². The lowest BCUT2D eigenvalue weighted by Crippen LogP contribution is -2.31. The number of hydrogen-bond acceptors (Lipinski definition) is 3. The Labute approximate surface area is 94.2 Å². The van der Waals surface area contributed by atoms with E-state index in [1.165, 1.54) is 4.90 Å². The van der Waals surface area contributed by atoms with Crippen molar-refractivity contribution in [3.05, 3.63) is 29.8 Å². The summed E-state index contributed by atoms with van der Waals surface area (Å²) in [5.41, 5.74) is 7.10. The first kappa shape index (κ1) is 12.0. The molecule has 0 unspecified atom stereocenters. The molecule has 0 spiro atoms. The van der Waals surface area contributed by atoms with Crippen molar-refractivity contribution in [1.29, 1.82) is 0 Å². The van der Waals surface area contributed by atoms with E-state index in [2.05, 4.69) is 5.16 Å². The van der Waals surface area contributed by atoms with Crippen LogP contribution in [0.1, 0.15) is 12.0 Å². The van der Waals surface area contributed by atoms with E-state index in [-0.39, 0.29) is 18.2 Å². The van der Waals surface area contributed by atoms with Gasteiger partial charge in [-0.1, -0.05) is 23.4 Å². The fourth-order valence-electron chi connectivity index (χ4n) is 1.38. The van der Waals surface area contributed by atoms with Crippen LogP contribution in [-0.4, -0.2) is 24.0 Å². The predicted molar refractivity (Wildman–Crippen MR) is 62.6 cm³/mol. The molecule has 0 saturated heterocycles. The summed E-state index contributed by atoms with van der Waals surface area (Å²) in [5.74, 6) is -0.310. The normalized spacial score (nSPS) is 11.2. The molecule has 0 atom stereocenters. The van der Waals surface area contributed by atoms with E-state index in [0.29, 0.717) is 0 Å². The second-order valence-corrected chi connectivity index (χ2v) is 3.51. The Morgan fingerprint density at radius 2 is 2.12 bits per heavy atom. The number of benzene rings is 1. The Morgan fingerprint density at radius 1 is 1.50 bits per heavy atom. The van der Waals surface area contributed by atoms with Gasteiger partial charge in [0.1, 0.15) is 5.84 Å². The first-order chi connectivity index (χ1) is 7.56. The Balaban J connectivity index is 2.83. The van der Waals surface area contributed by atoms with Gasteiger partial charge in [-0.3, -0.25) is 4.79 Å². The summed E-state index contributed by atoms with van der Waals surface area (Å²) in [4.78, 5) is 13.2. The highest BCUT2D eigenvalue weighted by Crippen LogP contribution is 2.18. The largest absolute Gasteiger partial charge is 0.409 e. The molecule has 0 fully saturated rings. The molecule has 0 bridgehead atoms. The maximum absolute atomic E-state index is 11.7. The zero-order valence-corrected chi connectivity index (χ0v) is 9.34. The number of amidine groups is 1. The molecule has 86 valence electrons. The Morgan fingerprint density at radius 3 is 2.69 bits per heavy atom. The molecule has 0 aliphatic rings. The highest BCUT2D eigenvalue weighted by Gasteiger charge is 2.13. The van der Waals surface area contributed by atoms with Gasteiger partial charge in [0.05, 0.1) is 6.42 Å². The van der Waals surface area contributed by atoms with Gasteiger partial charge in [0.2, 0.25) is 5.91 Å². The molecular weight excluding hydrogens is 206 g/mol. The number of para-hydroxylation sites is 1. The van der Waals surface area contributed by atoms with Crippen LogP contribution in [0.25, 0.3) is 0 Å². The van der Waals surface area contributed by atoms with Crippen LogP contribution < -0.4 is 10.6 Å². The minimum atomic E-state index is -0.218. The van der Waals surface area contributed by atoms with Crippen molar-refractivity contribution in [2.24, 2.45) is 10.9 Å². The van der Waals surface area contributed by atoms with Gasteiger partial charge in [-0.2, -0.15) is 0 Å². The second kappa shape index (κ2) is 5.16. The minimum Gasteiger partial charge on any atom is -0.409 e. The molecule has 1 rings (SSSR count). The van der Waals surface area contributed by atoms with E-state index >= 15 is 0 Å². The molecule has 0 saturated carbocycles. The number of rotatable bonds is 3. The van der Waals surface area contributed by atoms with Crippen molar-refractivity contribution in [2.75, 3.05) is 11.9 Å². The molecular formula is C11H15N3O2. The van der Waals surface area contributed by atoms with Gasteiger partial charge in [-0.15, -0.1) is 0 Å². The molecule has 0 radical (unpaired) electrons. The third-order valence-corrected chi connectivity index (χ3v) is 2.31. The molecule has 0 aliphatic heterocycles. The number of nitrogens with zero attached hydrogens (tertiary/aromatic N) is 2. The third-order valence-electron chi connectivity index (χ3n) is 2.31. The predicted octanol–water partition coefficient (Wildman–Crippen LogP) is 1.09. The molecule has 0 aliphatic carbocycles. The molecule has 1 amide bonds. The molecule has 3 N–H and O–H groups in total. The number of carbonyl (C=O) groups is 1. The smallest absolute Gasteiger partial charge is 0.234 e. The van der Waals surface area contributed by atoms with Gasteiger partial charge in [-0.05, 0) is 18.6 Å². The van der Waals surface area contributed by atoms with Crippen molar-refractivity contribution in [3.8, 4) is 0 Å². The molecule has 1 aromatic carbocycles. The summed E-state index contributed by atoms with van der Waals surface area (Å²) in [6.07, 6.45) is -0.0959. The molecule has 5 nitrogen and oxygen atoms in total. The van der Waals surface area contributed by atoms with Gasteiger partial charge < -0.3 is 15.8 Å². The Kier molecular flexibility index (Phi) is 3.88. The fraction of sp³-hybridized carbons (Fsp3) is 0.273. The summed E-state index contributed by atoms with van der Waals surface area (Å²) < 4.78 is 0. The van der Waals surface area contributed by atoms with E-state index in [1.54, 1.807) is 7.05 Å². The van der Waals surface area contributed by atoms with Crippen molar-refractivity contribution in [1.82, 2.24) is 0 Å². The van der Waals surface area contributed by atoms with E-state index < -0.39 is 0 Å². The van der Waals surface area contributed by atoms with Crippen molar-refractivity contribution in [2.45, 2.75) is 13.3 Å². The SMILES string of the molecule is Cc1ccccc1N(C)C(=O)CC(N)=NO. The zero-order chi connectivity index (χ0) is 12.1. The lowest BCUT2D eigenvalue weighted by atomic mass is 10.2. The summed E-state index contributed by atoms with van der Waals surface area (Å²) >= 11 is 0. The van der Waals surface area contributed by atoms with E-state index in [9.17, 15) is 4.79 Å². The maximum Gasteiger partial charge on any atom is 0.234 e. The number of hydrogen-bond donors (Lipinski definition) is 2. The first-order valence-electron chi connectivity index (χ1n) is 4.85. The minimum absolute atomic E-state index is 0.0922. The van der Waals surface area contributed by atoms with Crippen LogP contribution in [0.15, 0.2) is 29.4 Å². The average molecular weight is 221 g/mol. The quantitative estimate of drug-likeness (QED) is 0.347. The lowest BCUT2D eigenvalue weighted by Gasteiger charge is -2.19. The molecule has 0 aromatic heterocycles. The van der Waals surface area contributed by atoms with Gasteiger partial charge in [-0.25, -0.2) is 0 Å². The summed E-state index contributed by atoms with van der Waals surface area (Å²) in [5, 5.41) is 11.2. The van der Waals surface area contributed by atoms with Gasteiger partial charge in [0, 0.05) is 12.7 Å². The van der Waals surface area contributed by atoms with Crippen LogP contribution in [0.3, 0.4) is 0 Å². The van der Waals surface area contributed by atoms with Crippen LogP contribution in [-0.2, 0) is 4.79 Å². The summed E-state index contributed by atoms with van der Waals surface area (Å²) in [6.45, 7) is 1.92. The second-order valence-electron chi connectivity index (χ2n) is 3.51. The third kappa shape index (κ3) is 2.73. The zero-order valence-electron chi connectivity index (χ0n) is 9.34. The van der Waals surface area contributed by atoms with Gasteiger partial charge >= 0.3 is 0 Å². The van der Waals surface area contributed by atoms with E-state index in [0.717, 1.165) is 11.3 Å². The number of oxime groups is 1. The van der Waals surface area contributed by atoms with Crippen molar-refractivity contribution in [3.63, 3.8) is 0 Å². The lowest BCUT2D eigenvalue weighted by molar-refractivity contribution is -0.117. The summed E-state index contributed by atoms with van der Waals surface area (Å²) in [6, 6.07) is 7.53. The highest BCUT2D eigenvalue weighted by molar-refractivity contribution is 6.06. The van der Waals surface area contributed by atoms with E-state index in [4.69, 9.17) is 10.9 Å². The molecule has 16 heavy (non-hydrogen) atoms. The van der Waals surface area contributed by atoms with Crippen LogP contribution >= 0.6 is 0 Å². The standard InChI is InChI=1S/C11H15N3O2/c1-8-5-3-4-6-9(8)14(2)11(15)7-10(12)13-16/h3-6,16H,7H2,1-2H3,(H2,12,13). The highest BCUT2D eigenvalue weighted by atomic mass is 16.4. The van der Waals surface area contributed by atoms with Crippen molar-refractivity contribution >= 4 is 17.4 Å². The average Bonchev–Trinajstić information content (AvgIpc) is 2.28. The number of anilines is 1. The number of amides is 1. The summed E-state index contributed by atoms with van der Waals surface area (Å²) in [7, 11) is 1.66. The van der Waals surface area contributed by atoms with Gasteiger partial charge in [0.25, 0.3) is 0 Å².